The summed E-state index contributed by atoms with van der Waals surface area (Å²) in [5.41, 5.74) is 5.38. The molecular weight excluding hydrogens is 376 g/mol. The van der Waals surface area contributed by atoms with E-state index in [4.69, 9.17) is 11.6 Å². The van der Waals surface area contributed by atoms with Crippen molar-refractivity contribution in [2.24, 2.45) is 7.05 Å². The molecule has 0 saturated carbocycles. The van der Waals surface area contributed by atoms with Crippen molar-refractivity contribution in [2.45, 2.75) is 0 Å². The molecule has 0 N–H and O–H groups in total. The van der Waals surface area contributed by atoms with Crippen molar-refractivity contribution in [2.75, 3.05) is 0 Å². The SMILES string of the molecule is Cn1cc(-c2ccn3c(-c4ccc(-c5ccc(Cl)cc5)s4)cnc3c2)cn1. The largest absolute Gasteiger partial charge is 0.299 e. The number of fused-ring (bicyclic) bond motifs is 1. The number of hydrogen-bond acceptors (Lipinski definition) is 3. The lowest BCUT2D eigenvalue weighted by atomic mass is 10.1. The predicted octanol–water partition coefficient (Wildman–Crippen LogP) is 5.78. The molecule has 132 valence electrons. The molecule has 4 heterocycles. The van der Waals surface area contributed by atoms with Gasteiger partial charge < -0.3 is 0 Å². The second kappa shape index (κ2) is 6.37. The third-order valence-electron chi connectivity index (χ3n) is 4.54. The summed E-state index contributed by atoms with van der Waals surface area (Å²) in [5, 5.41) is 5.00. The number of imidazole rings is 1. The van der Waals surface area contributed by atoms with E-state index >= 15 is 0 Å². The van der Waals surface area contributed by atoms with Crippen LogP contribution in [0, 0.1) is 0 Å². The zero-order chi connectivity index (χ0) is 18.4. The van der Waals surface area contributed by atoms with Gasteiger partial charge in [0.25, 0.3) is 0 Å². The quantitative estimate of drug-likeness (QED) is 0.391. The van der Waals surface area contributed by atoms with E-state index in [1.165, 1.54) is 15.3 Å². The van der Waals surface area contributed by atoms with Crippen LogP contribution in [0.3, 0.4) is 0 Å². The molecule has 0 amide bonds. The fourth-order valence-corrected chi connectivity index (χ4v) is 4.30. The van der Waals surface area contributed by atoms with E-state index in [9.17, 15) is 0 Å². The fraction of sp³-hybridized carbons (Fsp3) is 0.0476. The molecule has 5 aromatic rings. The van der Waals surface area contributed by atoms with Crippen LogP contribution in [0.2, 0.25) is 5.02 Å². The summed E-state index contributed by atoms with van der Waals surface area (Å²) < 4.78 is 3.93. The Labute approximate surface area is 165 Å². The van der Waals surface area contributed by atoms with Gasteiger partial charge in [0.1, 0.15) is 5.65 Å². The molecule has 0 saturated heterocycles. The lowest BCUT2D eigenvalue weighted by Crippen LogP contribution is -1.87. The Kier molecular flexibility index (Phi) is 3.85. The first-order chi connectivity index (χ1) is 13.2. The third kappa shape index (κ3) is 2.95. The van der Waals surface area contributed by atoms with Gasteiger partial charge in [0.2, 0.25) is 0 Å². The number of aromatic nitrogens is 4. The van der Waals surface area contributed by atoms with E-state index in [0.29, 0.717) is 0 Å². The Balaban J connectivity index is 1.53. The van der Waals surface area contributed by atoms with Crippen LogP contribution in [-0.4, -0.2) is 19.2 Å². The summed E-state index contributed by atoms with van der Waals surface area (Å²) in [4.78, 5) is 7.00. The second-order valence-electron chi connectivity index (χ2n) is 6.36. The van der Waals surface area contributed by atoms with Gasteiger partial charge in [0.05, 0.1) is 23.0 Å². The Morgan fingerprint density at radius 3 is 2.48 bits per heavy atom. The predicted molar refractivity (Wildman–Crippen MR) is 111 cm³/mol. The van der Waals surface area contributed by atoms with E-state index in [-0.39, 0.29) is 0 Å². The first-order valence-electron chi connectivity index (χ1n) is 8.50. The Morgan fingerprint density at radius 1 is 0.889 bits per heavy atom. The van der Waals surface area contributed by atoms with E-state index in [1.54, 1.807) is 16.0 Å². The molecule has 0 aliphatic heterocycles. The monoisotopic (exact) mass is 390 g/mol. The normalized spacial score (nSPS) is 11.3. The third-order valence-corrected chi connectivity index (χ3v) is 5.95. The summed E-state index contributed by atoms with van der Waals surface area (Å²) >= 11 is 7.75. The molecule has 0 aliphatic carbocycles. The van der Waals surface area contributed by atoms with Crippen molar-refractivity contribution >= 4 is 28.6 Å². The van der Waals surface area contributed by atoms with Crippen LogP contribution in [0.4, 0.5) is 0 Å². The first kappa shape index (κ1) is 16.3. The number of aryl methyl sites for hydroxylation is 1. The zero-order valence-electron chi connectivity index (χ0n) is 14.5. The van der Waals surface area contributed by atoms with Crippen LogP contribution in [0.1, 0.15) is 0 Å². The molecule has 0 unspecified atom stereocenters. The van der Waals surface area contributed by atoms with Crippen molar-refractivity contribution in [1.29, 1.82) is 0 Å². The van der Waals surface area contributed by atoms with Gasteiger partial charge in [-0.05, 0) is 47.5 Å². The smallest absolute Gasteiger partial charge is 0.137 e. The highest BCUT2D eigenvalue weighted by Gasteiger charge is 2.11. The van der Waals surface area contributed by atoms with Crippen LogP contribution < -0.4 is 0 Å². The van der Waals surface area contributed by atoms with Crippen molar-refractivity contribution in [3.8, 4) is 32.1 Å². The number of rotatable bonds is 3. The average molecular weight is 391 g/mol. The molecule has 0 radical (unpaired) electrons. The minimum atomic E-state index is 0.752. The number of benzene rings is 1. The Morgan fingerprint density at radius 2 is 1.70 bits per heavy atom. The van der Waals surface area contributed by atoms with Crippen LogP contribution >= 0.6 is 22.9 Å². The van der Waals surface area contributed by atoms with Crippen molar-refractivity contribution in [1.82, 2.24) is 19.2 Å². The van der Waals surface area contributed by atoms with Gasteiger partial charge in [-0.1, -0.05) is 23.7 Å². The molecule has 0 aliphatic rings. The highest BCUT2D eigenvalue weighted by Crippen LogP contribution is 2.35. The maximum Gasteiger partial charge on any atom is 0.137 e. The molecule has 5 rings (SSSR count). The molecule has 4 aromatic heterocycles. The minimum absolute atomic E-state index is 0.752. The highest BCUT2D eigenvalue weighted by atomic mass is 35.5. The van der Waals surface area contributed by atoms with Crippen LogP contribution in [-0.2, 0) is 7.05 Å². The molecule has 0 bridgehead atoms. The van der Waals surface area contributed by atoms with Gasteiger partial charge >= 0.3 is 0 Å². The van der Waals surface area contributed by atoms with Gasteiger partial charge in [-0.25, -0.2) is 4.98 Å². The average Bonchev–Trinajstić information content (AvgIpc) is 3.40. The zero-order valence-corrected chi connectivity index (χ0v) is 16.1. The van der Waals surface area contributed by atoms with Gasteiger partial charge in [-0.3, -0.25) is 9.08 Å². The Hall–Kier alpha value is -2.89. The van der Waals surface area contributed by atoms with Crippen molar-refractivity contribution in [3.05, 3.63) is 78.3 Å². The minimum Gasteiger partial charge on any atom is -0.299 e. The second-order valence-corrected chi connectivity index (χ2v) is 7.88. The van der Waals surface area contributed by atoms with Gasteiger partial charge in [-0.15, -0.1) is 11.3 Å². The molecule has 1 aromatic carbocycles. The van der Waals surface area contributed by atoms with E-state index in [0.717, 1.165) is 27.5 Å². The van der Waals surface area contributed by atoms with Gasteiger partial charge in [0, 0.05) is 34.9 Å². The number of thiophene rings is 1. The van der Waals surface area contributed by atoms with Gasteiger partial charge in [0.15, 0.2) is 0 Å². The lowest BCUT2D eigenvalue weighted by molar-refractivity contribution is 0.768. The summed E-state index contributed by atoms with van der Waals surface area (Å²) in [7, 11) is 1.92. The summed E-state index contributed by atoms with van der Waals surface area (Å²) in [6.45, 7) is 0. The van der Waals surface area contributed by atoms with E-state index < -0.39 is 0 Å². The molecule has 4 nitrogen and oxygen atoms in total. The molecule has 27 heavy (non-hydrogen) atoms. The molecule has 0 atom stereocenters. The topological polar surface area (TPSA) is 35.1 Å². The van der Waals surface area contributed by atoms with Crippen molar-refractivity contribution in [3.63, 3.8) is 0 Å². The number of nitrogens with zero attached hydrogens (tertiary/aromatic N) is 4. The highest BCUT2D eigenvalue weighted by molar-refractivity contribution is 7.18. The number of hydrogen-bond donors (Lipinski definition) is 0. The van der Waals surface area contributed by atoms with Crippen molar-refractivity contribution < 1.29 is 0 Å². The van der Waals surface area contributed by atoms with Crippen LogP contribution in [0.5, 0.6) is 0 Å². The molecule has 0 fully saturated rings. The Bertz CT molecular complexity index is 1250. The molecular formula is C21H15ClN4S. The van der Waals surface area contributed by atoms with E-state index in [2.05, 4.69) is 44.9 Å². The first-order valence-corrected chi connectivity index (χ1v) is 9.69. The van der Waals surface area contributed by atoms with E-state index in [1.807, 2.05) is 49.9 Å². The fourth-order valence-electron chi connectivity index (χ4n) is 3.16. The number of halogens is 1. The summed E-state index contributed by atoms with van der Waals surface area (Å²) in [5.74, 6) is 0. The molecule has 6 heteroatoms. The maximum absolute atomic E-state index is 6.00. The maximum atomic E-state index is 6.00. The lowest BCUT2D eigenvalue weighted by Gasteiger charge is -2.02. The summed E-state index contributed by atoms with van der Waals surface area (Å²) in [6.07, 6.45) is 7.88. The summed E-state index contributed by atoms with van der Waals surface area (Å²) in [6, 6.07) is 16.4. The van der Waals surface area contributed by atoms with Crippen LogP contribution in [0.15, 0.2) is 73.3 Å². The molecule has 0 spiro atoms. The number of pyridine rings is 1. The van der Waals surface area contributed by atoms with Gasteiger partial charge in [-0.2, -0.15) is 5.10 Å². The van der Waals surface area contributed by atoms with Crippen LogP contribution in [0.25, 0.3) is 37.8 Å². The standard InChI is InChI=1S/C21H15ClN4S/c1-25-13-16(11-24-25)15-8-9-26-18(12-23-21(26)10-15)20-7-6-19(27-20)14-2-4-17(22)5-3-14/h2-13H,1H3.